The molecule has 0 aromatic heterocycles. The van der Waals surface area contributed by atoms with Crippen LogP contribution in [-0.4, -0.2) is 28.1 Å². The first-order valence-electron chi connectivity index (χ1n) is 7.71. The molecule has 0 radical (unpaired) electrons. The summed E-state index contributed by atoms with van der Waals surface area (Å²) in [7, 11) is 1.43. The SMILES string of the molecule is COc1ccc([N+](=O)[O-])cc1/C=C1/SC(=O)N(Cc2ccc(I)cc2)C1=O. The van der Waals surface area contributed by atoms with Crippen LogP contribution in [0.1, 0.15) is 11.1 Å². The van der Waals surface area contributed by atoms with Gasteiger partial charge in [-0.15, -0.1) is 0 Å². The topological polar surface area (TPSA) is 89.8 Å². The van der Waals surface area contributed by atoms with Gasteiger partial charge in [-0.2, -0.15) is 0 Å². The Morgan fingerprint density at radius 2 is 1.93 bits per heavy atom. The number of amides is 2. The van der Waals surface area contributed by atoms with Crippen LogP contribution in [0.25, 0.3) is 6.08 Å². The second-order valence-electron chi connectivity index (χ2n) is 5.58. The highest BCUT2D eigenvalue weighted by molar-refractivity contribution is 14.1. The Kier molecular flexibility index (Phi) is 5.80. The van der Waals surface area contributed by atoms with Crippen molar-refractivity contribution in [3.8, 4) is 5.75 Å². The number of ether oxygens (including phenoxy) is 1. The van der Waals surface area contributed by atoms with E-state index >= 15 is 0 Å². The number of carbonyl (C=O) groups is 2. The standard InChI is InChI=1S/C18H13IN2O5S/c1-26-15-7-6-14(21(24)25)8-12(15)9-16-17(22)20(18(23)27-16)10-11-2-4-13(19)5-3-11/h2-9H,10H2,1H3/b16-9+. The molecule has 0 N–H and O–H groups in total. The van der Waals surface area contributed by atoms with Gasteiger partial charge in [-0.05, 0) is 64.2 Å². The molecule has 0 spiro atoms. The average molecular weight is 496 g/mol. The zero-order valence-electron chi connectivity index (χ0n) is 14.0. The number of hydrogen-bond donors (Lipinski definition) is 0. The summed E-state index contributed by atoms with van der Waals surface area (Å²) >= 11 is 2.98. The normalized spacial score (nSPS) is 15.5. The van der Waals surface area contributed by atoms with Crippen molar-refractivity contribution in [1.82, 2.24) is 4.90 Å². The molecule has 2 amide bonds. The van der Waals surface area contributed by atoms with Crippen LogP contribution < -0.4 is 4.74 Å². The molecular formula is C18H13IN2O5S. The highest BCUT2D eigenvalue weighted by Gasteiger charge is 2.35. The van der Waals surface area contributed by atoms with Gasteiger partial charge in [0.2, 0.25) is 0 Å². The maximum atomic E-state index is 12.6. The average Bonchev–Trinajstić information content (AvgIpc) is 2.90. The Bertz CT molecular complexity index is 959. The largest absolute Gasteiger partial charge is 0.496 e. The minimum atomic E-state index is -0.528. The Morgan fingerprint density at radius 3 is 2.56 bits per heavy atom. The van der Waals surface area contributed by atoms with Gasteiger partial charge in [0.1, 0.15) is 5.75 Å². The number of methoxy groups -OCH3 is 1. The van der Waals surface area contributed by atoms with Crippen LogP contribution in [0.5, 0.6) is 5.75 Å². The molecule has 2 aromatic carbocycles. The van der Waals surface area contributed by atoms with Crippen LogP contribution in [0.15, 0.2) is 47.4 Å². The fourth-order valence-electron chi connectivity index (χ4n) is 2.50. The second-order valence-corrected chi connectivity index (χ2v) is 7.82. The summed E-state index contributed by atoms with van der Waals surface area (Å²) in [6, 6.07) is 11.6. The Hall–Kier alpha value is -2.40. The monoisotopic (exact) mass is 496 g/mol. The summed E-state index contributed by atoms with van der Waals surface area (Å²) in [6.45, 7) is 0.172. The van der Waals surface area contributed by atoms with Crippen LogP contribution in [-0.2, 0) is 11.3 Å². The predicted molar refractivity (Wildman–Crippen MR) is 110 cm³/mol. The highest BCUT2D eigenvalue weighted by Crippen LogP contribution is 2.35. The van der Waals surface area contributed by atoms with Crippen LogP contribution in [0.3, 0.4) is 0 Å². The third kappa shape index (κ3) is 4.30. The van der Waals surface area contributed by atoms with Crippen molar-refractivity contribution in [3.63, 3.8) is 0 Å². The fourth-order valence-corrected chi connectivity index (χ4v) is 3.69. The molecule has 0 bridgehead atoms. The van der Waals surface area contributed by atoms with Gasteiger partial charge in [-0.25, -0.2) is 0 Å². The molecule has 0 aliphatic carbocycles. The predicted octanol–water partition coefficient (Wildman–Crippen LogP) is 4.44. The van der Waals surface area contributed by atoms with E-state index < -0.39 is 10.8 Å². The molecule has 138 valence electrons. The number of rotatable bonds is 5. The van der Waals surface area contributed by atoms with Crippen molar-refractivity contribution in [2.75, 3.05) is 7.11 Å². The van der Waals surface area contributed by atoms with Gasteiger partial charge in [0.05, 0.1) is 23.5 Å². The van der Waals surface area contributed by atoms with E-state index in [1.54, 1.807) is 0 Å². The third-order valence-electron chi connectivity index (χ3n) is 3.84. The lowest BCUT2D eigenvalue weighted by atomic mass is 10.1. The molecule has 0 saturated carbocycles. The van der Waals surface area contributed by atoms with E-state index in [2.05, 4.69) is 22.6 Å². The molecular weight excluding hydrogens is 483 g/mol. The van der Waals surface area contributed by atoms with E-state index in [1.165, 1.54) is 31.4 Å². The Balaban J connectivity index is 1.89. The van der Waals surface area contributed by atoms with Crippen molar-refractivity contribution in [1.29, 1.82) is 0 Å². The third-order valence-corrected chi connectivity index (χ3v) is 5.46. The lowest BCUT2D eigenvalue weighted by molar-refractivity contribution is -0.384. The quantitative estimate of drug-likeness (QED) is 0.263. The van der Waals surface area contributed by atoms with Gasteiger partial charge in [0, 0.05) is 21.3 Å². The number of non-ortho nitro benzene ring substituents is 1. The van der Waals surface area contributed by atoms with Gasteiger partial charge in [0.15, 0.2) is 0 Å². The summed E-state index contributed by atoms with van der Waals surface area (Å²) in [5.41, 5.74) is 1.08. The zero-order chi connectivity index (χ0) is 19.6. The van der Waals surface area contributed by atoms with Gasteiger partial charge in [-0.1, -0.05) is 12.1 Å². The molecule has 1 aliphatic heterocycles. The number of nitrogens with zero attached hydrogens (tertiary/aromatic N) is 2. The first-order chi connectivity index (χ1) is 12.9. The number of imide groups is 1. The number of benzene rings is 2. The maximum absolute atomic E-state index is 12.6. The van der Waals surface area contributed by atoms with Crippen molar-refractivity contribution >= 4 is 57.3 Å². The van der Waals surface area contributed by atoms with E-state index in [0.29, 0.717) is 11.3 Å². The fraction of sp³-hybridized carbons (Fsp3) is 0.111. The second kappa shape index (κ2) is 8.09. The number of hydrogen-bond acceptors (Lipinski definition) is 6. The van der Waals surface area contributed by atoms with Crippen molar-refractivity contribution in [2.45, 2.75) is 6.54 Å². The van der Waals surface area contributed by atoms with Gasteiger partial charge in [0.25, 0.3) is 16.8 Å². The van der Waals surface area contributed by atoms with Crippen LogP contribution >= 0.6 is 34.4 Å². The van der Waals surface area contributed by atoms with E-state index in [1.807, 2.05) is 24.3 Å². The summed E-state index contributed by atoms with van der Waals surface area (Å²) < 4.78 is 6.26. The number of thioether (sulfide) groups is 1. The Morgan fingerprint density at radius 1 is 1.22 bits per heavy atom. The summed E-state index contributed by atoms with van der Waals surface area (Å²) in [6.07, 6.45) is 1.45. The molecule has 1 aliphatic rings. The van der Waals surface area contributed by atoms with Crippen LogP contribution in [0, 0.1) is 13.7 Å². The molecule has 2 aromatic rings. The maximum Gasteiger partial charge on any atom is 0.293 e. The van der Waals surface area contributed by atoms with Gasteiger partial charge >= 0.3 is 0 Å². The molecule has 0 atom stereocenters. The van der Waals surface area contributed by atoms with E-state index in [9.17, 15) is 19.7 Å². The Labute approximate surface area is 172 Å². The van der Waals surface area contributed by atoms with Crippen molar-refractivity contribution in [3.05, 3.63) is 72.2 Å². The first kappa shape index (κ1) is 19.4. The lowest BCUT2D eigenvalue weighted by Gasteiger charge is -2.12. The van der Waals surface area contributed by atoms with E-state index in [0.717, 1.165) is 25.8 Å². The van der Waals surface area contributed by atoms with Crippen molar-refractivity contribution < 1.29 is 19.2 Å². The zero-order valence-corrected chi connectivity index (χ0v) is 17.0. The molecule has 27 heavy (non-hydrogen) atoms. The summed E-state index contributed by atoms with van der Waals surface area (Å²) in [5, 5.41) is 10.6. The summed E-state index contributed by atoms with van der Waals surface area (Å²) in [5.74, 6) is -0.0536. The molecule has 3 rings (SSSR count). The molecule has 1 heterocycles. The van der Waals surface area contributed by atoms with Gasteiger partial charge < -0.3 is 4.74 Å². The van der Waals surface area contributed by atoms with Crippen LogP contribution in [0.2, 0.25) is 0 Å². The highest BCUT2D eigenvalue weighted by atomic mass is 127. The molecule has 9 heteroatoms. The molecule has 1 fully saturated rings. The lowest BCUT2D eigenvalue weighted by Crippen LogP contribution is -2.27. The number of carbonyl (C=O) groups excluding carboxylic acids is 2. The van der Waals surface area contributed by atoms with E-state index in [-0.39, 0.29) is 22.4 Å². The minimum Gasteiger partial charge on any atom is -0.496 e. The molecule has 1 saturated heterocycles. The van der Waals surface area contributed by atoms with E-state index in [4.69, 9.17) is 4.74 Å². The number of nitro groups is 1. The smallest absolute Gasteiger partial charge is 0.293 e. The molecule has 7 nitrogen and oxygen atoms in total. The number of nitro benzene ring substituents is 1. The summed E-state index contributed by atoms with van der Waals surface area (Å²) in [4.78, 5) is 36.7. The molecule has 0 unspecified atom stereocenters. The van der Waals surface area contributed by atoms with Crippen molar-refractivity contribution in [2.24, 2.45) is 0 Å². The van der Waals surface area contributed by atoms with Crippen LogP contribution in [0.4, 0.5) is 10.5 Å². The minimum absolute atomic E-state index is 0.125. The number of halogens is 1. The first-order valence-corrected chi connectivity index (χ1v) is 9.61. The van der Waals surface area contributed by atoms with Gasteiger partial charge in [-0.3, -0.25) is 24.6 Å².